The Morgan fingerprint density at radius 3 is 2.72 bits per heavy atom. The standard InChI is InChI=1S/C22H21ClN4O3S2/c1-15(16-7-4-3-5-8-16)26(2)22(28)18-11-10-17(23)13-19(18)25-32(29,30)21-9-6-12-27-20(21)14-24-31-27/h3-15,24-25H,1-2H3. The highest BCUT2D eigenvalue weighted by molar-refractivity contribution is 7.97. The van der Waals surface area contributed by atoms with E-state index in [0.29, 0.717) is 10.7 Å². The molecular formula is C22H21ClN4O3S2. The molecule has 1 amide bonds. The van der Waals surface area contributed by atoms with Gasteiger partial charge in [0.25, 0.3) is 15.9 Å². The van der Waals surface area contributed by atoms with Crippen LogP contribution < -0.4 is 9.44 Å². The Balaban J connectivity index is 1.65. The molecule has 0 saturated carbocycles. The van der Waals surface area contributed by atoms with Crippen molar-refractivity contribution >= 4 is 45.4 Å². The largest absolute Gasteiger partial charge is 0.335 e. The lowest BCUT2D eigenvalue weighted by Crippen LogP contribution is -2.31. The summed E-state index contributed by atoms with van der Waals surface area (Å²) < 4.78 is 33.6. The molecule has 0 saturated heterocycles. The van der Waals surface area contributed by atoms with Crippen LogP contribution in [0.5, 0.6) is 0 Å². The summed E-state index contributed by atoms with van der Waals surface area (Å²) in [6, 6.07) is 13.9. The molecule has 1 unspecified atom stereocenters. The molecule has 0 aromatic heterocycles. The van der Waals surface area contributed by atoms with Gasteiger partial charge in [0.15, 0.2) is 0 Å². The Bertz CT molecular complexity index is 1240. The van der Waals surface area contributed by atoms with Gasteiger partial charge in [-0.1, -0.05) is 41.9 Å². The van der Waals surface area contributed by atoms with Crippen molar-refractivity contribution in [1.29, 1.82) is 0 Å². The minimum atomic E-state index is -3.99. The van der Waals surface area contributed by atoms with Crippen molar-refractivity contribution in [3.63, 3.8) is 0 Å². The number of carbonyl (C=O) groups is 1. The molecule has 10 heteroatoms. The molecule has 0 aliphatic carbocycles. The van der Waals surface area contributed by atoms with Gasteiger partial charge in [-0.2, -0.15) is 0 Å². The first-order chi connectivity index (χ1) is 15.3. The second-order valence-electron chi connectivity index (χ2n) is 7.24. The number of hydrogen-bond donors (Lipinski definition) is 2. The van der Waals surface area contributed by atoms with E-state index in [-0.39, 0.29) is 28.1 Å². The number of benzene rings is 2. The first-order valence-electron chi connectivity index (χ1n) is 9.73. The second kappa shape index (κ2) is 8.93. The number of rotatable bonds is 6. The second-order valence-corrected chi connectivity index (χ2v) is 10.1. The first-order valence-corrected chi connectivity index (χ1v) is 12.4. The number of nitrogens with zero attached hydrogens (tertiary/aromatic N) is 2. The first kappa shape index (κ1) is 22.3. The fraction of sp³-hybridized carbons (Fsp3) is 0.136. The van der Waals surface area contributed by atoms with Gasteiger partial charge in [-0.15, -0.1) is 0 Å². The fourth-order valence-corrected chi connectivity index (χ4v) is 5.52. The summed E-state index contributed by atoms with van der Waals surface area (Å²) in [5, 5.41) is 0.314. The maximum atomic E-state index is 13.3. The highest BCUT2D eigenvalue weighted by Crippen LogP contribution is 2.35. The Kier molecular flexibility index (Phi) is 6.23. The molecule has 0 bridgehead atoms. The van der Waals surface area contributed by atoms with E-state index in [0.717, 1.165) is 5.56 Å². The third-order valence-electron chi connectivity index (χ3n) is 5.23. The topological polar surface area (TPSA) is 81.8 Å². The number of halogens is 1. The summed E-state index contributed by atoms with van der Waals surface area (Å²) in [4.78, 5) is 15.0. The molecule has 2 aromatic carbocycles. The molecular weight excluding hydrogens is 468 g/mol. The average molecular weight is 489 g/mol. The zero-order valence-electron chi connectivity index (χ0n) is 17.3. The van der Waals surface area contributed by atoms with Crippen LogP contribution >= 0.6 is 23.7 Å². The quantitative estimate of drug-likeness (QED) is 0.577. The van der Waals surface area contributed by atoms with E-state index in [1.165, 1.54) is 30.3 Å². The lowest BCUT2D eigenvalue weighted by Gasteiger charge is -2.27. The van der Waals surface area contributed by atoms with Crippen LogP contribution in [0.15, 0.2) is 83.7 Å². The molecule has 0 fully saturated rings. The van der Waals surface area contributed by atoms with Crippen LogP contribution in [0.25, 0.3) is 0 Å². The number of hydrogen-bond acceptors (Lipinski definition) is 6. The average Bonchev–Trinajstić information content (AvgIpc) is 3.27. The molecule has 2 heterocycles. The predicted octanol–water partition coefficient (Wildman–Crippen LogP) is 4.64. The summed E-state index contributed by atoms with van der Waals surface area (Å²) in [6.45, 7) is 1.91. The van der Waals surface area contributed by atoms with Gasteiger partial charge in [-0.25, -0.2) is 8.42 Å². The van der Waals surface area contributed by atoms with Crippen molar-refractivity contribution in [2.75, 3.05) is 11.8 Å². The van der Waals surface area contributed by atoms with Crippen molar-refractivity contribution in [1.82, 2.24) is 13.9 Å². The SMILES string of the molecule is CC(c1ccccc1)N(C)C(=O)c1ccc(Cl)cc1NS(=O)(=O)C1=CC=CN2SNC=C12. The van der Waals surface area contributed by atoms with Gasteiger partial charge in [0.1, 0.15) is 4.91 Å². The van der Waals surface area contributed by atoms with Gasteiger partial charge in [0.05, 0.1) is 35.1 Å². The lowest BCUT2D eigenvalue weighted by atomic mass is 10.1. The molecule has 166 valence electrons. The van der Waals surface area contributed by atoms with E-state index in [1.807, 2.05) is 37.3 Å². The van der Waals surface area contributed by atoms with Crippen molar-refractivity contribution < 1.29 is 13.2 Å². The van der Waals surface area contributed by atoms with Gasteiger partial charge < -0.3 is 9.62 Å². The van der Waals surface area contributed by atoms with Crippen molar-refractivity contribution in [2.24, 2.45) is 0 Å². The summed E-state index contributed by atoms with van der Waals surface area (Å²) in [5.74, 6) is -0.327. The van der Waals surface area contributed by atoms with Crippen molar-refractivity contribution in [3.8, 4) is 0 Å². The van der Waals surface area contributed by atoms with Gasteiger partial charge in [0, 0.05) is 24.5 Å². The van der Waals surface area contributed by atoms with Gasteiger partial charge in [-0.3, -0.25) is 13.8 Å². The minimum Gasteiger partial charge on any atom is -0.335 e. The van der Waals surface area contributed by atoms with Gasteiger partial charge >= 0.3 is 0 Å². The molecule has 0 spiro atoms. The number of nitrogens with one attached hydrogen (secondary N) is 2. The van der Waals surface area contributed by atoms with Gasteiger partial charge in [-0.05, 0) is 42.8 Å². The van der Waals surface area contributed by atoms with E-state index in [4.69, 9.17) is 11.6 Å². The zero-order chi connectivity index (χ0) is 22.9. The Morgan fingerprint density at radius 1 is 1.22 bits per heavy atom. The van der Waals surface area contributed by atoms with E-state index in [1.54, 1.807) is 40.8 Å². The molecule has 1 atom stereocenters. The maximum absolute atomic E-state index is 13.3. The Labute approximate surface area is 196 Å². The summed E-state index contributed by atoms with van der Waals surface area (Å²) in [5.41, 5.74) is 1.79. The number of carbonyl (C=O) groups excluding carboxylic acids is 1. The van der Waals surface area contributed by atoms with Crippen LogP contribution in [0.3, 0.4) is 0 Å². The van der Waals surface area contributed by atoms with E-state index < -0.39 is 10.0 Å². The molecule has 2 aliphatic rings. The van der Waals surface area contributed by atoms with Crippen LogP contribution in [-0.4, -0.2) is 30.6 Å². The third-order valence-corrected chi connectivity index (χ3v) is 7.62. The number of allylic oxidation sites excluding steroid dienone is 2. The molecule has 4 rings (SSSR count). The minimum absolute atomic E-state index is 0.0851. The molecule has 0 radical (unpaired) electrons. The van der Waals surface area contributed by atoms with E-state index in [9.17, 15) is 13.2 Å². The van der Waals surface area contributed by atoms with Crippen LogP contribution in [0.4, 0.5) is 5.69 Å². The number of amides is 1. The fourth-order valence-electron chi connectivity index (χ4n) is 3.37. The number of anilines is 1. The van der Waals surface area contributed by atoms with Gasteiger partial charge in [0.2, 0.25) is 0 Å². The van der Waals surface area contributed by atoms with Crippen LogP contribution in [-0.2, 0) is 10.0 Å². The molecule has 7 nitrogen and oxygen atoms in total. The van der Waals surface area contributed by atoms with Crippen molar-refractivity contribution in [2.45, 2.75) is 13.0 Å². The summed E-state index contributed by atoms with van der Waals surface area (Å²) in [6.07, 6.45) is 6.52. The third kappa shape index (κ3) is 4.36. The van der Waals surface area contributed by atoms with Crippen LogP contribution in [0.1, 0.15) is 28.9 Å². The van der Waals surface area contributed by atoms with Crippen molar-refractivity contribution in [3.05, 3.63) is 99.8 Å². The zero-order valence-corrected chi connectivity index (χ0v) is 19.7. The monoisotopic (exact) mass is 488 g/mol. The Hall–Kier alpha value is -2.88. The summed E-state index contributed by atoms with van der Waals surface area (Å²) in [7, 11) is -2.31. The molecule has 32 heavy (non-hydrogen) atoms. The molecule has 2 aliphatic heterocycles. The number of sulfonamides is 1. The van der Waals surface area contributed by atoms with Crippen LogP contribution in [0.2, 0.25) is 5.02 Å². The lowest BCUT2D eigenvalue weighted by molar-refractivity contribution is 0.0743. The predicted molar refractivity (Wildman–Crippen MR) is 129 cm³/mol. The normalized spacial score (nSPS) is 15.9. The molecule has 2 N–H and O–H groups in total. The molecule has 2 aromatic rings. The maximum Gasteiger partial charge on any atom is 0.264 e. The highest BCUT2D eigenvalue weighted by atomic mass is 35.5. The van der Waals surface area contributed by atoms with E-state index >= 15 is 0 Å². The van der Waals surface area contributed by atoms with Crippen LogP contribution in [0, 0.1) is 0 Å². The Morgan fingerprint density at radius 2 is 1.97 bits per heavy atom. The highest BCUT2D eigenvalue weighted by Gasteiger charge is 2.31. The summed E-state index contributed by atoms with van der Waals surface area (Å²) >= 11 is 7.40. The smallest absolute Gasteiger partial charge is 0.264 e. The van der Waals surface area contributed by atoms with E-state index in [2.05, 4.69) is 9.44 Å². The number of fused-ring (bicyclic) bond motifs is 1.